The van der Waals surface area contributed by atoms with Crippen LogP contribution in [0.15, 0.2) is 17.0 Å². The van der Waals surface area contributed by atoms with Crippen molar-refractivity contribution in [2.75, 3.05) is 34.2 Å². The van der Waals surface area contributed by atoms with Gasteiger partial charge in [0.05, 0.1) is 5.02 Å². The van der Waals surface area contributed by atoms with Gasteiger partial charge in [0.15, 0.2) is 5.75 Å². The number of esters is 1. The van der Waals surface area contributed by atoms with Crippen LogP contribution in [0.5, 0.6) is 5.75 Å². The molecule has 1 aromatic rings. The molecule has 26 heavy (non-hydrogen) atoms. The summed E-state index contributed by atoms with van der Waals surface area (Å²) in [5, 5.41) is 8.33. The lowest BCUT2D eigenvalue weighted by atomic mass is 10.3. The quantitative estimate of drug-likeness (QED) is 0.384. The van der Waals surface area contributed by atoms with Crippen molar-refractivity contribution >= 4 is 70.0 Å². The Labute approximate surface area is 173 Å². The van der Waals surface area contributed by atoms with Crippen molar-refractivity contribution in [2.45, 2.75) is 4.90 Å². The molecule has 150 valence electrons. The largest absolute Gasteiger partial charge is 0.473 e. The van der Waals surface area contributed by atoms with Crippen LogP contribution < -0.4 is 4.74 Å². The second-order valence-corrected chi connectivity index (χ2v) is 7.90. The van der Waals surface area contributed by atoms with Crippen molar-refractivity contribution in [3.8, 4) is 5.75 Å². The number of likely N-dealkylation sites (N-methyl/N-ethyl adjacent to an activating group) is 2. The lowest BCUT2D eigenvalue weighted by molar-refractivity contribution is -0.158. The predicted octanol–water partition coefficient (Wildman–Crippen LogP) is 2.01. The molecule has 1 aromatic carbocycles. The summed E-state index contributed by atoms with van der Waals surface area (Å²) in [5.74, 6) is -4.12. The topological polar surface area (TPSA) is 104 Å². The van der Waals surface area contributed by atoms with Gasteiger partial charge >= 0.3 is 11.9 Å². The summed E-state index contributed by atoms with van der Waals surface area (Å²) in [7, 11) is 0.765. The first-order chi connectivity index (χ1) is 11.0. The van der Waals surface area contributed by atoms with Crippen molar-refractivity contribution < 1.29 is 27.9 Å². The zero-order valence-electron chi connectivity index (χ0n) is 13.9. The minimum absolute atomic E-state index is 0. The molecule has 0 saturated heterocycles. The van der Waals surface area contributed by atoms with Crippen molar-refractivity contribution in [1.29, 1.82) is 0 Å². The van der Waals surface area contributed by atoms with E-state index in [0.717, 1.165) is 16.4 Å². The zero-order chi connectivity index (χ0) is 18.7. The molecule has 0 aliphatic rings. The van der Waals surface area contributed by atoms with E-state index in [4.69, 9.17) is 28.3 Å². The molecule has 0 fully saturated rings. The Hall–Kier alpha value is -0.810. The normalized spacial score (nSPS) is 10.9. The summed E-state index contributed by atoms with van der Waals surface area (Å²) < 4.78 is 31.0. The maximum atomic E-state index is 12.7. The molecule has 0 saturated carbocycles. The lowest BCUT2D eigenvalue weighted by Crippen LogP contribution is -2.34. The molecule has 0 aromatic heterocycles. The van der Waals surface area contributed by atoms with Gasteiger partial charge in [0, 0.05) is 25.2 Å². The van der Waals surface area contributed by atoms with Crippen LogP contribution in [0.25, 0.3) is 0 Å². The average Bonchev–Trinajstić information content (AvgIpc) is 2.46. The van der Waals surface area contributed by atoms with Gasteiger partial charge in [-0.05, 0) is 26.2 Å². The number of nitrogens with zero attached hydrogens (tertiary/aromatic N) is 2. The van der Waals surface area contributed by atoms with Gasteiger partial charge in [-0.25, -0.2) is 18.0 Å². The fourth-order valence-electron chi connectivity index (χ4n) is 1.59. The summed E-state index contributed by atoms with van der Waals surface area (Å²) in [6, 6.07) is 2.19. The van der Waals surface area contributed by atoms with E-state index < -0.39 is 32.6 Å². The smallest absolute Gasteiger partial charge is 0.422 e. The van der Waals surface area contributed by atoms with E-state index in [0.29, 0.717) is 6.54 Å². The van der Waals surface area contributed by atoms with Crippen LogP contribution >= 0.6 is 48.0 Å². The third-order valence-electron chi connectivity index (χ3n) is 2.89. The van der Waals surface area contributed by atoms with Crippen molar-refractivity contribution in [3.63, 3.8) is 0 Å². The Balaban J connectivity index is 0. The molecule has 0 heterocycles. The Kier molecular flexibility index (Phi) is 11.7. The Morgan fingerprint density at radius 1 is 1.12 bits per heavy atom. The number of benzene rings is 1. The van der Waals surface area contributed by atoms with Crippen molar-refractivity contribution in [1.82, 2.24) is 9.21 Å². The van der Waals surface area contributed by atoms with E-state index in [1.807, 2.05) is 0 Å². The summed E-state index contributed by atoms with van der Waals surface area (Å²) in [6.07, 6.45) is 0. The minimum atomic E-state index is -4.11. The fourth-order valence-corrected chi connectivity index (χ4v) is 3.56. The molecule has 0 bridgehead atoms. The number of carboxylic acid groups (broad SMARTS) is 1. The van der Waals surface area contributed by atoms with Crippen LogP contribution in [0.2, 0.25) is 10.0 Å². The van der Waals surface area contributed by atoms with E-state index in [-0.39, 0.29) is 41.4 Å². The SMILES string of the molecule is CN(C)CCN(C)S(=O)(=O)c1cc(Cl)cc(Cl)c1OC(=O)C(=O)O.Cl.Cl. The van der Waals surface area contributed by atoms with E-state index in [2.05, 4.69) is 4.74 Å². The van der Waals surface area contributed by atoms with Gasteiger partial charge in [0.25, 0.3) is 0 Å². The molecule has 0 atom stereocenters. The number of aliphatic carboxylic acids is 1. The standard InChI is InChI=1S/C13H16Cl2N2O6S.2ClH/c1-16(2)4-5-17(3)24(21,22)10-7-8(14)6-9(15)11(10)23-13(20)12(18)19;;/h6-7H,4-5H2,1-3H3,(H,18,19);2*1H. The lowest BCUT2D eigenvalue weighted by Gasteiger charge is -2.21. The molecule has 0 spiro atoms. The first-order valence-electron chi connectivity index (χ1n) is 6.52. The van der Waals surface area contributed by atoms with Crippen LogP contribution in [-0.2, 0) is 19.6 Å². The highest BCUT2D eigenvalue weighted by Crippen LogP contribution is 2.36. The maximum Gasteiger partial charge on any atom is 0.422 e. The first-order valence-corrected chi connectivity index (χ1v) is 8.71. The Morgan fingerprint density at radius 3 is 2.12 bits per heavy atom. The molecular formula is C13H18Cl4N2O6S. The second-order valence-electron chi connectivity index (χ2n) is 5.04. The van der Waals surface area contributed by atoms with Crippen molar-refractivity contribution in [2.24, 2.45) is 0 Å². The molecule has 8 nitrogen and oxygen atoms in total. The van der Waals surface area contributed by atoms with E-state index in [9.17, 15) is 18.0 Å². The van der Waals surface area contributed by atoms with Crippen LogP contribution in [-0.4, -0.2) is 68.9 Å². The van der Waals surface area contributed by atoms with Crippen LogP contribution in [0, 0.1) is 0 Å². The molecule has 13 heteroatoms. The van der Waals surface area contributed by atoms with Gasteiger partial charge in [-0.3, -0.25) is 0 Å². The Morgan fingerprint density at radius 2 is 1.65 bits per heavy atom. The highest BCUT2D eigenvalue weighted by molar-refractivity contribution is 7.89. The summed E-state index contributed by atoms with van der Waals surface area (Å²) in [5.41, 5.74) is 0. The summed E-state index contributed by atoms with van der Waals surface area (Å²) in [4.78, 5) is 23.2. The number of halogens is 4. The monoisotopic (exact) mass is 470 g/mol. The highest BCUT2D eigenvalue weighted by atomic mass is 35.5. The van der Waals surface area contributed by atoms with Crippen LogP contribution in [0.1, 0.15) is 0 Å². The fraction of sp³-hybridized carbons (Fsp3) is 0.385. The van der Waals surface area contributed by atoms with Gasteiger partial charge < -0.3 is 14.7 Å². The van der Waals surface area contributed by atoms with Gasteiger partial charge in [0.1, 0.15) is 4.90 Å². The minimum Gasteiger partial charge on any atom is -0.473 e. The molecule has 1 rings (SSSR count). The average molecular weight is 472 g/mol. The van der Waals surface area contributed by atoms with E-state index in [1.54, 1.807) is 19.0 Å². The number of hydrogen-bond donors (Lipinski definition) is 1. The molecular weight excluding hydrogens is 454 g/mol. The number of carboxylic acids is 1. The summed E-state index contributed by atoms with van der Waals surface area (Å²) >= 11 is 11.7. The number of rotatable bonds is 6. The van der Waals surface area contributed by atoms with Crippen LogP contribution in [0.4, 0.5) is 0 Å². The van der Waals surface area contributed by atoms with Gasteiger partial charge in [0.2, 0.25) is 10.0 Å². The van der Waals surface area contributed by atoms with Crippen molar-refractivity contribution in [3.05, 3.63) is 22.2 Å². The third-order valence-corrected chi connectivity index (χ3v) is 5.26. The molecule has 0 radical (unpaired) electrons. The third kappa shape index (κ3) is 7.07. The number of carbonyl (C=O) groups excluding carboxylic acids is 1. The molecule has 0 amide bonds. The van der Waals surface area contributed by atoms with Gasteiger partial charge in [-0.1, -0.05) is 23.2 Å². The molecule has 1 N–H and O–H groups in total. The number of carbonyl (C=O) groups is 2. The molecule has 0 unspecified atom stereocenters. The Bertz CT molecular complexity index is 757. The first kappa shape index (κ1) is 27.4. The van der Waals surface area contributed by atoms with Gasteiger partial charge in [-0.2, -0.15) is 4.31 Å². The number of ether oxygens (including phenoxy) is 1. The van der Waals surface area contributed by atoms with Gasteiger partial charge in [-0.15, -0.1) is 24.8 Å². The number of sulfonamides is 1. The summed E-state index contributed by atoms with van der Waals surface area (Å²) in [6.45, 7) is 0.583. The van der Waals surface area contributed by atoms with Crippen LogP contribution in [0.3, 0.4) is 0 Å². The highest BCUT2D eigenvalue weighted by Gasteiger charge is 2.29. The number of hydrogen-bond acceptors (Lipinski definition) is 6. The van der Waals surface area contributed by atoms with E-state index >= 15 is 0 Å². The molecule has 0 aliphatic carbocycles. The second kappa shape index (κ2) is 11.1. The molecule has 0 aliphatic heterocycles. The predicted molar refractivity (Wildman–Crippen MR) is 103 cm³/mol. The zero-order valence-corrected chi connectivity index (χ0v) is 17.9. The maximum absolute atomic E-state index is 12.7. The van der Waals surface area contributed by atoms with E-state index in [1.165, 1.54) is 7.05 Å².